The minimum atomic E-state index is -1.58. The van der Waals surface area contributed by atoms with Gasteiger partial charge in [-0.15, -0.1) is 0 Å². The molecule has 0 aliphatic carbocycles. The van der Waals surface area contributed by atoms with Crippen LogP contribution < -0.4 is 5.32 Å². The summed E-state index contributed by atoms with van der Waals surface area (Å²) in [4.78, 5) is 107. The number of nitrogens with one attached hydrogen (secondary N) is 1. The normalized spacial score (nSPS) is 12.3. The van der Waals surface area contributed by atoms with E-state index in [2.05, 4.69) is 5.32 Å². The summed E-state index contributed by atoms with van der Waals surface area (Å²) < 4.78 is 0. The monoisotopic (exact) mass is 864 g/mol. The largest absolute Gasteiger partial charge is 0.480 e. The molecule has 0 saturated carbocycles. The Morgan fingerprint density at radius 3 is 1.30 bits per heavy atom. The van der Waals surface area contributed by atoms with Crippen molar-refractivity contribution in [1.29, 1.82) is 0 Å². The zero-order valence-electron chi connectivity index (χ0n) is 35.5. The van der Waals surface area contributed by atoms with Crippen molar-refractivity contribution in [3.8, 4) is 0 Å². The number of nitrogens with zero attached hydrogens (tertiary/aromatic N) is 3. The molecule has 0 heterocycles. The summed E-state index contributed by atoms with van der Waals surface area (Å²) in [7, 11) is 0. The lowest BCUT2D eigenvalue weighted by Gasteiger charge is -2.23. The lowest BCUT2D eigenvalue weighted by Crippen LogP contribution is -2.45. The molecular weight excluding hydrogens is 813 g/mol. The average molecular weight is 865 g/mol. The van der Waals surface area contributed by atoms with Crippen LogP contribution in [0.2, 0.25) is 0 Å². The quantitative estimate of drug-likeness (QED) is 0.0620. The van der Waals surface area contributed by atoms with Gasteiger partial charge in [0.15, 0.2) is 0 Å². The highest BCUT2D eigenvalue weighted by molar-refractivity contribution is 6.07. The van der Waals surface area contributed by atoms with E-state index in [4.69, 9.17) is 0 Å². The second-order valence-corrected chi connectivity index (χ2v) is 15.4. The van der Waals surface area contributed by atoms with Crippen molar-refractivity contribution in [1.82, 2.24) is 20.0 Å². The van der Waals surface area contributed by atoms with E-state index in [1.165, 1.54) is 24.3 Å². The highest BCUT2D eigenvalue weighted by Crippen LogP contribution is 2.23. The third kappa shape index (κ3) is 13.3. The van der Waals surface area contributed by atoms with Crippen LogP contribution in [0.25, 0.3) is 0 Å². The second-order valence-electron chi connectivity index (χ2n) is 15.4. The number of carbonyl (C=O) groups excluding carboxylic acids is 4. The van der Waals surface area contributed by atoms with Gasteiger partial charge in [0.05, 0.1) is 0 Å². The standard InChI is InChI=1S/C47H52N4O12/c1-5-29(3)28-51(47(62)63)43(55)36-23-33(22-35(26-36)40(52)48-39(44(56)57)30(4)6-2)21-34-24-37(41(53)49(45(58)59)19-17-31-13-9-7-10-14-31)27-38(25-34)42(54)50(46(60)61)20-18-32-15-11-8-12-16-32/h7-16,22-27,29-30,39H,5-6,17-21,28H2,1-4H3,(H,48,52)(H,56,57)(H,58,59)(H,60,61)(H,62,63). The molecule has 0 aliphatic rings. The SMILES string of the molecule is CCC(C)CN(C(=O)O)C(=O)c1cc(Cc2cc(C(=O)N(CCc3ccccc3)C(=O)O)cc(C(=O)N(CCc3ccccc3)C(=O)O)c2)cc(C(=O)NC(C(=O)O)C(C)CC)c1. The number of aliphatic carboxylic acids is 1. The number of amides is 7. The number of carboxylic acids is 1. The third-order valence-electron chi connectivity index (χ3n) is 10.7. The molecule has 0 fully saturated rings. The predicted molar refractivity (Wildman–Crippen MR) is 231 cm³/mol. The second kappa shape index (κ2) is 22.5. The predicted octanol–water partition coefficient (Wildman–Crippen LogP) is 7.40. The first-order chi connectivity index (χ1) is 29.9. The molecule has 16 nitrogen and oxygen atoms in total. The van der Waals surface area contributed by atoms with Crippen LogP contribution in [0.1, 0.15) is 104 Å². The molecule has 0 spiro atoms. The molecular formula is C47H52N4O12. The van der Waals surface area contributed by atoms with Crippen molar-refractivity contribution in [3.05, 3.63) is 142 Å². The third-order valence-corrected chi connectivity index (χ3v) is 10.7. The van der Waals surface area contributed by atoms with Gasteiger partial charge in [0, 0.05) is 41.9 Å². The first-order valence-corrected chi connectivity index (χ1v) is 20.5. The van der Waals surface area contributed by atoms with Crippen molar-refractivity contribution >= 4 is 47.9 Å². The molecule has 63 heavy (non-hydrogen) atoms. The molecule has 0 aliphatic heterocycles. The summed E-state index contributed by atoms with van der Waals surface area (Å²) in [6.07, 6.45) is -3.70. The fourth-order valence-corrected chi connectivity index (χ4v) is 6.73. The molecule has 3 atom stereocenters. The smallest absolute Gasteiger partial charge is 0.414 e. The summed E-state index contributed by atoms with van der Waals surface area (Å²) >= 11 is 0. The van der Waals surface area contributed by atoms with Crippen LogP contribution in [-0.4, -0.2) is 109 Å². The lowest BCUT2D eigenvalue weighted by molar-refractivity contribution is -0.140. The minimum Gasteiger partial charge on any atom is -0.480 e. The number of carboxylic acid groups (broad SMARTS) is 4. The van der Waals surface area contributed by atoms with Crippen molar-refractivity contribution in [2.45, 2.75) is 65.8 Å². The van der Waals surface area contributed by atoms with Crippen LogP contribution in [0, 0.1) is 11.8 Å². The molecule has 0 saturated heterocycles. The highest BCUT2D eigenvalue weighted by Gasteiger charge is 2.30. The number of imide groups is 3. The molecule has 16 heteroatoms. The van der Waals surface area contributed by atoms with Crippen LogP contribution in [0.4, 0.5) is 14.4 Å². The van der Waals surface area contributed by atoms with E-state index < -0.39 is 59.8 Å². The topological polar surface area (TPSA) is 239 Å². The van der Waals surface area contributed by atoms with Crippen molar-refractivity contribution in [3.63, 3.8) is 0 Å². The summed E-state index contributed by atoms with van der Waals surface area (Å²) in [5.41, 5.74) is 0.820. The van der Waals surface area contributed by atoms with Gasteiger partial charge in [0.2, 0.25) is 0 Å². The number of carbonyl (C=O) groups is 8. The van der Waals surface area contributed by atoms with Gasteiger partial charge in [-0.3, -0.25) is 19.2 Å². The molecule has 0 radical (unpaired) electrons. The van der Waals surface area contributed by atoms with Gasteiger partial charge < -0.3 is 25.7 Å². The molecule has 4 aromatic rings. The first kappa shape index (κ1) is 48.3. The maximum atomic E-state index is 14.1. The number of benzene rings is 4. The van der Waals surface area contributed by atoms with E-state index in [1.807, 2.05) is 6.92 Å². The van der Waals surface area contributed by atoms with Crippen LogP contribution in [0.15, 0.2) is 97.1 Å². The number of rotatable bonds is 19. The maximum absolute atomic E-state index is 14.1. The van der Waals surface area contributed by atoms with Gasteiger partial charge in [0.25, 0.3) is 23.6 Å². The Labute approximate surface area is 364 Å². The van der Waals surface area contributed by atoms with E-state index in [9.17, 15) is 58.8 Å². The molecule has 5 N–H and O–H groups in total. The molecule has 332 valence electrons. The van der Waals surface area contributed by atoms with Crippen molar-refractivity contribution in [2.24, 2.45) is 11.8 Å². The first-order valence-electron chi connectivity index (χ1n) is 20.5. The molecule has 4 rings (SSSR count). The van der Waals surface area contributed by atoms with E-state index >= 15 is 0 Å². The zero-order valence-corrected chi connectivity index (χ0v) is 35.5. The maximum Gasteiger partial charge on any atom is 0.414 e. The lowest BCUT2D eigenvalue weighted by atomic mass is 9.95. The number of hydrogen-bond donors (Lipinski definition) is 5. The molecule has 3 unspecified atom stereocenters. The Kier molecular flexibility index (Phi) is 17.2. The average Bonchev–Trinajstić information content (AvgIpc) is 3.26. The summed E-state index contributed by atoms with van der Waals surface area (Å²) in [6.45, 7) is 6.26. The van der Waals surface area contributed by atoms with Gasteiger partial charge >= 0.3 is 24.2 Å². The van der Waals surface area contributed by atoms with Gasteiger partial charge in [-0.25, -0.2) is 33.9 Å². The zero-order chi connectivity index (χ0) is 46.4. The fourth-order valence-electron chi connectivity index (χ4n) is 6.73. The van der Waals surface area contributed by atoms with Gasteiger partial charge in [-0.1, -0.05) is 101 Å². The van der Waals surface area contributed by atoms with Gasteiger partial charge in [0.1, 0.15) is 6.04 Å². The van der Waals surface area contributed by atoms with E-state index in [-0.39, 0.29) is 78.2 Å². The number of hydrogen-bond acceptors (Lipinski definition) is 8. The summed E-state index contributed by atoms with van der Waals surface area (Å²) in [5, 5.41) is 42.8. The Hall–Kier alpha value is -7.36. The van der Waals surface area contributed by atoms with E-state index in [1.54, 1.807) is 81.4 Å². The van der Waals surface area contributed by atoms with E-state index in [0.29, 0.717) is 27.5 Å². The minimum absolute atomic E-state index is 0.152. The molecule has 7 amide bonds. The van der Waals surface area contributed by atoms with E-state index in [0.717, 1.165) is 23.3 Å². The Morgan fingerprint density at radius 2 is 0.921 bits per heavy atom. The van der Waals surface area contributed by atoms with Crippen LogP contribution in [0.5, 0.6) is 0 Å². The van der Waals surface area contributed by atoms with Gasteiger partial charge in [-0.2, -0.15) is 0 Å². The summed E-state index contributed by atoms with van der Waals surface area (Å²) in [5.74, 6) is -5.91. The highest BCUT2D eigenvalue weighted by atomic mass is 16.4. The Bertz CT molecular complexity index is 2230. The molecule has 0 bridgehead atoms. The fraction of sp³-hybridized carbons (Fsp3) is 0.319. The van der Waals surface area contributed by atoms with Gasteiger partial charge in [-0.05, 0) is 89.8 Å². The van der Waals surface area contributed by atoms with Crippen molar-refractivity contribution < 1.29 is 58.8 Å². The van der Waals surface area contributed by atoms with Crippen LogP contribution >= 0.6 is 0 Å². The van der Waals surface area contributed by atoms with Crippen molar-refractivity contribution in [2.75, 3.05) is 19.6 Å². The van der Waals surface area contributed by atoms with Crippen LogP contribution in [-0.2, 0) is 24.1 Å². The molecule has 0 aromatic heterocycles. The Balaban J connectivity index is 1.87. The summed E-state index contributed by atoms with van der Waals surface area (Å²) in [6, 6.07) is 23.8. The Morgan fingerprint density at radius 1 is 0.524 bits per heavy atom. The van der Waals surface area contributed by atoms with Crippen LogP contribution in [0.3, 0.4) is 0 Å². The molecule has 4 aromatic carbocycles.